The van der Waals surface area contributed by atoms with Crippen molar-refractivity contribution in [3.05, 3.63) is 95.5 Å². The highest BCUT2D eigenvalue weighted by Gasteiger charge is 2.05. The van der Waals surface area contributed by atoms with Gasteiger partial charge in [0.05, 0.1) is 0 Å². The fourth-order valence-corrected chi connectivity index (χ4v) is 3.96. The molecule has 0 spiro atoms. The summed E-state index contributed by atoms with van der Waals surface area (Å²) in [6.45, 7) is 0. The molecule has 0 saturated carbocycles. The Bertz CT molecular complexity index is 1250. The summed E-state index contributed by atoms with van der Waals surface area (Å²) >= 11 is 3.57. The lowest BCUT2D eigenvalue weighted by molar-refractivity contribution is 1.66. The molecule has 0 fully saturated rings. The molecule has 0 aliphatic rings. The number of fused-ring (bicyclic) bond motifs is 4. The van der Waals surface area contributed by atoms with Gasteiger partial charge in [-0.2, -0.15) is 0 Å². The normalized spacial score (nSPS) is 11.4. The van der Waals surface area contributed by atoms with Gasteiger partial charge in [-0.15, -0.1) is 0 Å². The average molecular weight is 383 g/mol. The van der Waals surface area contributed by atoms with Gasteiger partial charge in [0.2, 0.25) is 0 Å². The van der Waals surface area contributed by atoms with Gasteiger partial charge in [0.15, 0.2) is 0 Å². The molecule has 0 nitrogen and oxygen atoms in total. The van der Waals surface area contributed by atoms with E-state index in [1.54, 1.807) is 0 Å². The molecule has 0 aliphatic heterocycles. The largest absolute Gasteiger partial charge is 0.0616 e. The van der Waals surface area contributed by atoms with Gasteiger partial charge >= 0.3 is 0 Å². The predicted molar refractivity (Wildman–Crippen MR) is 112 cm³/mol. The van der Waals surface area contributed by atoms with Crippen LogP contribution in [-0.4, -0.2) is 0 Å². The highest BCUT2D eigenvalue weighted by molar-refractivity contribution is 9.10. The number of hydrogen-bond donors (Lipinski definition) is 0. The molecule has 5 aromatic carbocycles. The van der Waals surface area contributed by atoms with Crippen LogP contribution in [0.3, 0.4) is 0 Å². The Balaban J connectivity index is 1.76. The highest BCUT2D eigenvalue weighted by Crippen LogP contribution is 2.31. The van der Waals surface area contributed by atoms with Crippen molar-refractivity contribution in [1.82, 2.24) is 0 Å². The lowest BCUT2D eigenvalue weighted by Crippen LogP contribution is -1.82. The van der Waals surface area contributed by atoms with Crippen LogP contribution in [0.25, 0.3) is 43.4 Å². The van der Waals surface area contributed by atoms with Crippen LogP contribution < -0.4 is 0 Å². The molecular weight excluding hydrogens is 368 g/mol. The molecule has 1 heteroatoms. The number of benzene rings is 5. The minimum absolute atomic E-state index is 1.11. The van der Waals surface area contributed by atoms with Gasteiger partial charge in [0.1, 0.15) is 0 Å². The predicted octanol–water partition coefficient (Wildman–Crippen LogP) is 7.58. The van der Waals surface area contributed by atoms with E-state index in [9.17, 15) is 0 Å². The summed E-state index contributed by atoms with van der Waals surface area (Å²) < 4.78 is 1.11. The maximum Gasteiger partial charge on any atom is 0.0181 e. The van der Waals surface area contributed by atoms with Crippen molar-refractivity contribution in [3.8, 4) is 11.1 Å². The van der Waals surface area contributed by atoms with Gasteiger partial charge in [-0.05, 0) is 67.7 Å². The molecule has 0 unspecified atom stereocenters. The maximum atomic E-state index is 3.57. The first kappa shape index (κ1) is 14.7. The molecule has 0 atom stereocenters. The van der Waals surface area contributed by atoms with Crippen LogP contribution in [0.4, 0.5) is 0 Å². The minimum Gasteiger partial charge on any atom is -0.0616 e. The number of halogens is 1. The van der Waals surface area contributed by atoms with E-state index in [0.717, 1.165) is 4.47 Å². The van der Waals surface area contributed by atoms with Gasteiger partial charge < -0.3 is 0 Å². The van der Waals surface area contributed by atoms with Crippen LogP contribution in [0.5, 0.6) is 0 Å². The summed E-state index contributed by atoms with van der Waals surface area (Å²) in [5.41, 5.74) is 2.51. The van der Waals surface area contributed by atoms with Crippen LogP contribution in [-0.2, 0) is 0 Å². The Labute approximate surface area is 154 Å². The Kier molecular flexibility index (Phi) is 3.36. The Morgan fingerprint density at radius 2 is 1.08 bits per heavy atom. The molecule has 0 aromatic heterocycles. The zero-order chi connectivity index (χ0) is 16.8. The van der Waals surface area contributed by atoms with Gasteiger partial charge in [0.25, 0.3) is 0 Å². The summed E-state index contributed by atoms with van der Waals surface area (Å²) in [6.07, 6.45) is 0. The Morgan fingerprint density at radius 3 is 1.96 bits per heavy atom. The van der Waals surface area contributed by atoms with Gasteiger partial charge in [-0.1, -0.05) is 82.7 Å². The summed E-state index contributed by atoms with van der Waals surface area (Å²) in [7, 11) is 0. The smallest absolute Gasteiger partial charge is 0.0181 e. The molecule has 0 N–H and O–H groups in total. The fourth-order valence-electron chi connectivity index (χ4n) is 3.58. The monoisotopic (exact) mass is 382 g/mol. The van der Waals surface area contributed by atoms with Crippen molar-refractivity contribution in [1.29, 1.82) is 0 Å². The van der Waals surface area contributed by atoms with Crippen molar-refractivity contribution in [3.63, 3.8) is 0 Å². The summed E-state index contributed by atoms with van der Waals surface area (Å²) in [4.78, 5) is 0. The fraction of sp³-hybridized carbons (Fsp3) is 0. The third kappa shape index (κ3) is 2.52. The van der Waals surface area contributed by atoms with E-state index >= 15 is 0 Å². The Hall–Kier alpha value is -2.64. The molecule has 0 radical (unpaired) electrons. The van der Waals surface area contributed by atoms with Crippen LogP contribution >= 0.6 is 15.9 Å². The van der Waals surface area contributed by atoms with E-state index < -0.39 is 0 Å². The third-order valence-corrected chi connectivity index (χ3v) is 5.38. The van der Waals surface area contributed by atoms with Crippen molar-refractivity contribution in [2.24, 2.45) is 0 Å². The van der Waals surface area contributed by atoms with Gasteiger partial charge in [-0.3, -0.25) is 0 Å². The summed E-state index contributed by atoms with van der Waals surface area (Å²) in [5, 5.41) is 7.71. The molecule has 0 aliphatic carbocycles. The van der Waals surface area contributed by atoms with E-state index in [1.807, 2.05) is 0 Å². The van der Waals surface area contributed by atoms with E-state index in [1.165, 1.54) is 43.4 Å². The number of hydrogen-bond acceptors (Lipinski definition) is 0. The van der Waals surface area contributed by atoms with E-state index in [-0.39, 0.29) is 0 Å². The van der Waals surface area contributed by atoms with Crippen molar-refractivity contribution < 1.29 is 0 Å². The molecule has 0 bridgehead atoms. The average Bonchev–Trinajstić information content (AvgIpc) is 2.67. The molecule has 5 aromatic rings. The van der Waals surface area contributed by atoms with E-state index in [4.69, 9.17) is 0 Å². The molecule has 25 heavy (non-hydrogen) atoms. The third-order valence-electron chi connectivity index (χ3n) is 4.88. The van der Waals surface area contributed by atoms with Gasteiger partial charge in [-0.25, -0.2) is 0 Å². The molecule has 5 rings (SSSR count). The second-order valence-electron chi connectivity index (χ2n) is 6.43. The Morgan fingerprint density at radius 1 is 0.440 bits per heavy atom. The van der Waals surface area contributed by atoms with Crippen molar-refractivity contribution in [2.75, 3.05) is 0 Å². The van der Waals surface area contributed by atoms with Crippen molar-refractivity contribution in [2.45, 2.75) is 0 Å². The van der Waals surface area contributed by atoms with Crippen LogP contribution in [0, 0.1) is 0 Å². The first-order valence-electron chi connectivity index (χ1n) is 8.39. The lowest BCUT2D eigenvalue weighted by Gasteiger charge is -2.09. The molecular formula is C24H15Br. The minimum atomic E-state index is 1.11. The number of rotatable bonds is 1. The second-order valence-corrected chi connectivity index (χ2v) is 7.34. The van der Waals surface area contributed by atoms with Crippen LogP contribution in [0.15, 0.2) is 95.5 Å². The van der Waals surface area contributed by atoms with Crippen molar-refractivity contribution >= 4 is 48.2 Å². The van der Waals surface area contributed by atoms with Crippen LogP contribution in [0.1, 0.15) is 0 Å². The molecule has 118 valence electrons. The standard InChI is InChI=1S/C24H15Br/c25-22-12-11-16-5-9-19(13-21(16)14-22)20-10-8-18-7-6-17-3-1-2-4-23(17)24(18)15-20/h1-15H. The van der Waals surface area contributed by atoms with Crippen LogP contribution in [0.2, 0.25) is 0 Å². The zero-order valence-corrected chi connectivity index (χ0v) is 15.1. The first-order chi connectivity index (χ1) is 12.3. The second kappa shape index (κ2) is 5.72. The zero-order valence-electron chi connectivity index (χ0n) is 13.5. The van der Waals surface area contributed by atoms with Gasteiger partial charge in [0, 0.05) is 4.47 Å². The first-order valence-corrected chi connectivity index (χ1v) is 9.18. The highest BCUT2D eigenvalue weighted by atomic mass is 79.9. The lowest BCUT2D eigenvalue weighted by atomic mass is 9.96. The SMILES string of the molecule is Brc1ccc2ccc(-c3ccc4ccc5ccccc5c4c3)cc2c1. The van der Waals surface area contributed by atoms with E-state index in [0.29, 0.717) is 0 Å². The summed E-state index contributed by atoms with van der Waals surface area (Å²) in [6, 6.07) is 32.9. The molecule has 0 saturated heterocycles. The summed E-state index contributed by atoms with van der Waals surface area (Å²) in [5.74, 6) is 0. The maximum absolute atomic E-state index is 3.57. The quantitative estimate of drug-likeness (QED) is 0.262. The topological polar surface area (TPSA) is 0 Å². The molecule has 0 heterocycles. The molecule has 0 amide bonds. The van der Waals surface area contributed by atoms with E-state index in [2.05, 4.69) is 107 Å².